The average Bonchev–Trinajstić information content (AvgIpc) is 2.61. The lowest BCUT2D eigenvalue weighted by Gasteiger charge is -2.34. The maximum atomic E-state index is 11.7. The Hall–Kier alpha value is -1.63. The summed E-state index contributed by atoms with van der Waals surface area (Å²) in [6.45, 7) is 11.6. The van der Waals surface area contributed by atoms with Crippen molar-refractivity contribution in [2.24, 2.45) is 0 Å². The maximum absolute atomic E-state index is 11.7. The molecule has 6 nitrogen and oxygen atoms in total. The Kier molecular flexibility index (Phi) is 8.18. The molecule has 140 valence electrons. The molecule has 0 bridgehead atoms. The van der Waals surface area contributed by atoms with Crippen LogP contribution in [0.2, 0.25) is 0 Å². The highest BCUT2D eigenvalue weighted by Gasteiger charge is 2.15. The second-order valence-electron chi connectivity index (χ2n) is 6.77. The molecule has 25 heavy (non-hydrogen) atoms. The van der Waals surface area contributed by atoms with Gasteiger partial charge in [0, 0.05) is 45.8 Å². The summed E-state index contributed by atoms with van der Waals surface area (Å²) in [5, 5.41) is 14.7. The van der Waals surface area contributed by atoms with E-state index in [0.29, 0.717) is 19.5 Å². The molecule has 1 saturated heterocycles. The van der Waals surface area contributed by atoms with Crippen molar-refractivity contribution >= 4 is 6.03 Å². The zero-order valence-electron chi connectivity index (χ0n) is 15.5. The van der Waals surface area contributed by atoms with E-state index in [1.165, 1.54) is 5.56 Å². The predicted octanol–water partition coefficient (Wildman–Crippen LogP) is 1.39. The third kappa shape index (κ3) is 7.42. The molecule has 0 spiro atoms. The first-order valence-corrected chi connectivity index (χ1v) is 9.29. The van der Waals surface area contributed by atoms with Gasteiger partial charge in [-0.2, -0.15) is 0 Å². The Morgan fingerprint density at radius 3 is 2.28 bits per heavy atom. The van der Waals surface area contributed by atoms with E-state index in [0.717, 1.165) is 44.8 Å². The van der Waals surface area contributed by atoms with E-state index >= 15 is 0 Å². The molecule has 1 unspecified atom stereocenters. The number of carbonyl (C=O) groups excluding carboxylic acids is 1. The van der Waals surface area contributed by atoms with E-state index in [4.69, 9.17) is 5.11 Å². The summed E-state index contributed by atoms with van der Waals surface area (Å²) in [5.74, 6) is 0. The highest BCUT2D eigenvalue weighted by molar-refractivity contribution is 5.73. The van der Waals surface area contributed by atoms with E-state index in [-0.39, 0.29) is 6.03 Å². The molecule has 0 aromatic heterocycles. The van der Waals surface area contributed by atoms with Crippen LogP contribution in [0.25, 0.3) is 0 Å². The fourth-order valence-electron chi connectivity index (χ4n) is 2.92. The first-order valence-electron chi connectivity index (χ1n) is 9.29. The summed E-state index contributed by atoms with van der Waals surface area (Å²) in [6.07, 6.45) is 0.173. The lowest BCUT2D eigenvalue weighted by molar-refractivity contribution is 0.132. The van der Waals surface area contributed by atoms with E-state index < -0.39 is 6.10 Å². The molecule has 1 heterocycles. The predicted molar refractivity (Wildman–Crippen MR) is 100 cm³/mol. The van der Waals surface area contributed by atoms with Crippen molar-refractivity contribution in [3.63, 3.8) is 0 Å². The minimum atomic E-state index is -0.391. The molecule has 1 aromatic rings. The topological polar surface area (TPSA) is 67.8 Å². The highest BCUT2D eigenvalue weighted by atomic mass is 16.3. The SMILES string of the molecule is CCN1CCN(Cc2ccc(CNC(=O)NCCC(C)O)cc2)CC1. The number of urea groups is 1. The lowest BCUT2D eigenvalue weighted by Crippen LogP contribution is -2.45. The largest absolute Gasteiger partial charge is 0.393 e. The molecule has 3 N–H and O–H groups in total. The van der Waals surface area contributed by atoms with Gasteiger partial charge >= 0.3 is 6.03 Å². The number of nitrogens with one attached hydrogen (secondary N) is 2. The van der Waals surface area contributed by atoms with Gasteiger partial charge in [-0.25, -0.2) is 4.79 Å². The maximum Gasteiger partial charge on any atom is 0.315 e. The van der Waals surface area contributed by atoms with Crippen molar-refractivity contribution in [1.82, 2.24) is 20.4 Å². The van der Waals surface area contributed by atoms with Gasteiger partial charge < -0.3 is 20.6 Å². The van der Waals surface area contributed by atoms with Crippen LogP contribution in [0.4, 0.5) is 4.79 Å². The van der Waals surface area contributed by atoms with Gasteiger partial charge in [-0.1, -0.05) is 31.2 Å². The number of rotatable bonds is 8. The van der Waals surface area contributed by atoms with Crippen molar-refractivity contribution in [3.8, 4) is 0 Å². The Bertz CT molecular complexity index is 511. The normalized spacial score (nSPS) is 17.2. The first kappa shape index (κ1) is 19.7. The smallest absolute Gasteiger partial charge is 0.315 e. The summed E-state index contributed by atoms with van der Waals surface area (Å²) in [6, 6.07) is 8.25. The van der Waals surface area contributed by atoms with Crippen molar-refractivity contribution < 1.29 is 9.90 Å². The minimum absolute atomic E-state index is 0.196. The van der Waals surface area contributed by atoms with Gasteiger partial charge in [0.25, 0.3) is 0 Å². The summed E-state index contributed by atoms with van der Waals surface area (Å²) < 4.78 is 0. The Morgan fingerprint density at radius 1 is 1.08 bits per heavy atom. The van der Waals surface area contributed by atoms with Crippen molar-refractivity contribution in [2.45, 2.75) is 39.5 Å². The fraction of sp³-hybridized carbons (Fsp3) is 0.632. The summed E-state index contributed by atoms with van der Waals surface area (Å²) in [4.78, 5) is 16.6. The van der Waals surface area contributed by atoms with Gasteiger partial charge in [-0.15, -0.1) is 0 Å². The summed E-state index contributed by atoms with van der Waals surface area (Å²) >= 11 is 0. The van der Waals surface area contributed by atoms with Crippen LogP contribution in [0.1, 0.15) is 31.4 Å². The van der Waals surface area contributed by atoms with Gasteiger partial charge in [0.15, 0.2) is 0 Å². The highest BCUT2D eigenvalue weighted by Crippen LogP contribution is 2.10. The van der Waals surface area contributed by atoms with Crippen molar-refractivity contribution in [1.29, 1.82) is 0 Å². The molecule has 0 saturated carbocycles. The number of hydrogen-bond donors (Lipinski definition) is 3. The standard InChI is InChI=1S/C19H32N4O2/c1-3-22-10-12-23(13-11-22)15-18-6-4-17(5-7-18)14-21-19(25)20-9-8-16(2)24/h4-7,16,24H,3,8-15H2,1-2H3,(H2,20,21,25). The molecule has 1 aromatic carbocycles. The van der Waals surface area contributed by atoms with Gasteiger partial charge in [0.05, 0.1) is 6.10 Å². The summed E-state index contributed by atoms with van der Waals surface area (Å²) in [7, 11) is 0. The number of hydrogen-bond acceptors (Lipinski definition) is 4. The van der Waals surface area contributed by atoms with Gasteiger partial charge in [-0.05, 0) is 31.0 Å². The molecule has 0 aliphatic carbocycles. The molecule has 1 atom stereocenters. The number of benzene rings is 1. The van der Waals surface area contributed by atoms with Crippen LogP contribution in [-0.4, -0.2) is 66.3 Å². The van der Waals surface area contributed by atoms with E-state index in [2.05, 4.69) is 51.6 Å². The number of piperazine rings is 1. The van der Waals surface area contributed by atoms with Crippen LogP contribution in [0, 0.1) is 0 Å². The van der Waals surface area contributed by atoms with Crippen LogP contribution >= 0.6 is 0 Å². The van der Waals surface area contributed by atoms with Crippen molar-refractivity contribution in [3.05, 3.63) is 35.4 Å². The molecular formula is C19H32N4O2. The zero-order valence-corrected chi connectivity index (χ0v) is 15.5. The van der Waals surface area contributed by atoms with Gasteiger partial charge in [0.1, 0.15) is 0 Å². The van der Waals surface area contributed by atoms with Crippen molar-refractivity contribution in [2.75, 3.05) is 39.3 Å². The monoisotopic (exact) mass is 348 g/mol. The lowest BCUT2D eigenvalue weighted by atomic mass is 10.1. The molecule has 0 radical (unpaired) electrons. The number of aliphatic hydroxyl groups excluding tert-OH is 1. The van der Waals surface area contributed by atoms with Crippen LogP contribution in [-0.2, 0) is 13.1 Å². The number of nitrogens with zero attached hydrogens (tertiary/aromatic N) is 2. The molecule has 1 fully saturated rings. The van der Waals surface area contributed by atoms with Crippen LogP contribution in [0.15, 0.2) is 24.3 Å². The Balaban J connectivity index is 1.68. The summed E-state index contributed by atoms with van der Waals surface area (Å²) in [5.41, 5.74) is 2.40. The molecule has 1 aliphatic rings. The number of aliphatic hydroxyl groups is 1. The van der Waals surface area contributed by atoms with E-state index in [1.807, 2.05) is 0 Å². The first-order chi connectivity index (χ1) is 12.1. The third-order valence-corrected chi connectivity index (χ3v) is 4.64. The van der Waals surface area contributed by atoms with Gasteiger partial charge in [0.2, 0.25) is 0 Å². The molecule has 2 rings (SSSR count). The minimum Gasteiger partial charge on any atom is -0.393 e. The third-order valence-electron chi connectivity index (χ3n) is 4.64. The average molecular weight is 348 g/mol. The van der Waals surface area contributed by atoms with Crippen LogP contribution < -0.4 is 10.6 Å². The number of carbonyl (C=O) groups is 1. The molecule has 1 aliphatic heterocycles. The quantitative estimate of drug-likeness (QED) is 0.664. The van der Waals surface area contributed by atoms with E-state index in [9.17, 15) is 4.79 Å². The second kappa shape index (κ2) is 10.4. The molecule has 6 heteroatoms. The zero-order chi connectivity index (χ0) is 18.1. The fourth-order valence-corrected chi connectivity index (χ4v) is 2.92. The number of amides is 2. The Morgan fingerprint density at radius 2 is 1.68 bits per heavy atom. The molecule has 2 amide bonds. The van der Waals surface area contributed by atoms with Crippen LogP contribution in [0.5, 0.6) is 0 Å². The number of likely N-dealkylation sites (N-methyl/N-ethyl adjacent to an activating group) is 1. The van der Waals surface area contributed by atoms with E-state index in [1.54, 1.807) is 6.92 Å². The van der Waals surface area contributed by atoms with Gasteiger partial charge in [-0.3, -0.25) is 4.90 Å². The Labute approximate surface area is 151 Å². The van der Waals surface area contributed by atoms with Crippen LogP contribution in [0.3, 0.4) is 0 Å². The second-order valence-corrected chi connectivity index (χ2v) is 6.77. The molecular weight excluding hydrogens is 316 g/mol.